The van der Waals surface area contributed by atoms with Gasteiger partial charge in [-0.2, -0.15) is 0 Å². The summed E-state index contributed by atoms with van der Waals surface area (Å²) in [5, 5.41) is 13.4. The maximum atomic E-state index is 12.3. The van der Waals surface area contributed by atoms with E-state index < -0.39 is 6.09 Å². The van der Waals surface area contributed by atoms with E-state index in [9.17, 15) is 9.90 Å². The molecular formula is C31H40N6O7S2. The van der Waals surface area contributed by atoms with Crippen LogP contribution in [0.1, 0.15) is 25.7 Å². The summed E-state index contributed by atoms with van der Waals surface area (Å²) < 4.78 is 29.2. The number of carbonyl (C=O) groups excluding carboxylic acids is 1. The van der Waals surface area contributed by atoms with Gasteiger partial charge >= 0.3 is 6.09 Å². The third-order valence-corrected chi connectivity index (χ3v) is 10.2. The lowest BCUT2D eigenvalue weighted by Gasteiger charge is -2.29. The zero-order valence-corrected chi connectivity index (χ0v) is 27.7. The van der Waals surface area contributed by atoms with Gasteiger partial charge in [-0.3, -0.25) is 5.32 Å². The highest BCUT2D eigenvalue weighted by molar-refractivity contribution is 7.23. The first-order valence-corrected chi connectivity index (χ1v) is 17.1. The lowest BCUT2D eigenvalue weighted by atomic mass is 9.95. The van der Waals surface area contributed by atoms with Gasteiger partial charge in [0.05, 0.1) is 67.5 Å². The van der Waals surface area contributed by atoms with Gasteiger partial charge < -0.3 is 44.3 Å². The van der Waals surface area contributed by atoms with Crippen LogP contribution in [0.25, 0.3) is 20.4 Å². The predicted octanol–water partition coefficient (Wildman–Crippen LogP) is 4.72. The Kier molecular flexibility index (Phi) is 10.4. The maximum Gasteiger partial charge on any atom is 0.413 e. The molecule has 3 aliphatic rings. The van der Waals surface area contributed by atoms with Crippen molar-refractivity contribution < 1.29 is 33.6 Å². The number of anilines is 4. The topological polar surface area (TPSA) is 154 Å². The van der Waals surface area contributed by atoms with E-state index in [1.54, 1.807) is 14.2 Å². The van der Waals surface area contributed by atoms with Gasteiger partial charge in [-0.15, -0.1) is 0 Å². The molecule has 15 heteroatoms. The van der Waals surface area contributed by atoms with Gasteiger partial charge in [0.1, 0.15) is 28.6 Å². The third-order valence-electron chi connectivity index (χ3n) is 8.26. The molecule has 0 unspecified atom stereocenters. The number of methoxy groups -OCH3 is 2. The van der Waals surface area contributed by atoms with Gasteiger partial charge in [-0.1, -0.05) is 22.7 Å². The zero-order valence-electron chi connectivity index (χ0n) is 26.0. The highest BCUT2D eigenvalue weighted by Gasteiger charge is 2.24. The first-order valence-electron chi connectivity index (χ1n) is 15.4. The van der Waals surface area contributed by atoms with E-state index in [2.05, 4.69) is 31.2 Å². The summed E-state index contributed by atoms with van der Waals surface area (Å²) in [5.41, 5.74) is 9.64. The van der Waals surface area contributed by atoms with Crippen LogP contribution >= 0.6 is 22.7 Å². The number of nitrogens with one attached hydrogen (secondary N) is 1. The quantitative estimate of drug-likeness (QED) is 0.260. The molecule has 2 saturated heterocycles. The summed E-state index contributed by atoms with van der Waals surface area (Å²) in [6.45, 7) is 6.36. The molecule has 1 aliphatic carbocycles. The van der Waals surface area contributed by atoms with Crippen LogP contribution in [0.2, 0.25) is 0 Å². The second-order valence-corrected chi connectivity index (χ2v) is 13.2. The number of aromatic nitrogens is 2. The van der Waals surface area contributed by atoms with E-state index in [1.807, 2.05) is 18.2 Å². The normalized spacial score (nSPS) is 20.2. The number of morpholine rings is 2. The van der Waals surface area contributed by atoms with Crippen molar-refractivity contribution >= 4 is 70.8 Å². The molecule has 46 heavy (non-hydrogen) atoms. The van der Waals surface area contributed by atoms with Gasteiger partial charge in [0.25, 0.3) is 0 Å². The molecule has 0 radical (unpaired) electrons. The van der Waals surface area contributed by atoms with Crippen molar-refractivity contribution in [2.45, 2.75) is 37.9 Å². The monoisotopic (exact) mass is 672 g/mol. The van der Waals surface area contributed by atoms with Crippen molar-refractivity contribution in [3.05, 3.63) is 24.3 Å². The van der Waals surface area contributed by atoms with Gasteiger partial charge in [0.2, 0.25) is 0 Å². The minimum atomic E-state index is -0.507. The van der Waals surface area contributed by atoms with Crippen LogP contribution in [-0.2, 0) is 14.2 Å². The second-order valence-electron chi connectivity index (χ2n) is 11.2. The predicted molar refractivity (Wildman–Crippen MR) is 181 cm³/mol. The molecule has 2 aromatic carbocycles. The average molecular weight is 673 g/mol. The number of hydrogen-bond donors (Lipinski definition) is 3. The van der Waals surface area contributed by atoms with Crippen LogP contribution in [0.4, 0.5) is 26.4 Å². The molecule has 1 amide bonds. The molecule has 2 aliphatic heterocycles. The molecular weight excluding hydrogens is 633 g/mol. The molecule has 0 spiro atoms. The molecule has 7 rings (SSSR count). The molecule has 0 bridgehead atoms. The number of thiazole rings is 2. The first kappa shape index (κ1) is 32.3. The molecule has 2 aromatic heterocycles. The summed E-state index contributed by atoms with van der Waals surface area (Å²) in [6.07, 6.45) is 1.76. The number of nitrogens with zero attached hydrogens (tertiary/aromatic N) is 4. The number of nitrogens with two attached hydrogens (primary N) is 1. The molecule has 4 N–H and O–H groups in total. The number of ether oxygens (including phenoxy) is 5. The van der Waals surface area contributed by atoms with Crippen LogP contribution < -0.4 is 30.3 Å². The Morgan fingerprint density at radius 1 is 0.848 bits per heavy atom. The van der Waals surface area contributed by atoms with Crippen molar-refractivity contribution in [2.24, 2.45) is 0 Å². The summed E-state index contributed by atoms with van der Waals surface area (Å²) in [6, 6.07) is 7.96. The van der Waals surface area contributed by atoms with Gasteiger partial charge in [0.15, 0.2) is 10.3 Å². The summed E-state index contributed by atoms with van der Waals surface area (Å²) in [7, 11) is 3.26. The number of aliphatic hydroxyl groups is 1. The van der Waals surface area contributed by atoms with Crippen LogP contribution in [-0.4, -0.2) is 100 Å². The fourth-order valence-corrected chi connectivity index (χ4v) is 7.78. The third kappa shape index (κ3) is 7.33. The van der Waals surface area contributed by atoms with Gasteiger partial charge in [0, 0.05) is 26.2 Å². The summed E-state index contributed by atoms with van der Waals surface area (Å²) in [4.78, 5) is 25.8. The number of carbonyl (C=O) groups is 1. The Hall–Kier alpha value is -3.63. The van der Waals surface area contributed by atoms with Gasteiger partial charge in [-0.25, -0.2) is 14.8 Å². The Labute approximate surface area is 275 Å². The van der Waals surface area contributed by atoms with E-state index in [4.69, 9.17) is 29.4 Å². The highest BCUT2D eigenvalue weighted by Crippen LogP contribution is 2.40. The first-order chi connectivity index (χ1) is 22.4. The van der Waals surface area contributed by atoms with E-state index >= 15 is 0 Å². The maximum absolute atomic E-state index is 12.3. The Bertz CT molecular complexity index is 1630. The number of hydrogen-bond acceptors (Lipinski definition) is 14. The summed E-state index contributed by atoms with van der Waals surface area (Å²) >= 11 is 2.92. The number of amides is 1. The Balaban J connectivity index is 0.000000178. The fourth-order valence-electron chi connectivity index (χ4n) is 5.88. The van der Waals surface area contributed by atoms with Crippen molar-refractivity contribution in [1.82, 2.24) is 9.97 Å². The summed E-state index contributed by atoms with van der Waals surface area (Å²) in [5.74, 6) is 1.45. The SMILES string of the molecule is COc1ccc(N2CCOCC2)c2sc(N)nc12.COc1ccc(N2CCOCC2)c2sc(NC(=O)OC3CCC(O)CC3)nc12. The number of aliphatic hydroxyl groups excluding tert-OH is 1. The van der Waals surface area contributed by atoms with E-state index in [-0.39, 0.29) is 12.2 Å². The molecule has 4 heterocycles. The van der Waals surface area contributed by atoms with Crippen molar-refractivity contribution in [1.29, 1.82) is 0 Å². The van der Waals surface area contributed by atoms with E-state index in [1.165, 1.54) is 28.4 Å². The molecule has 1 saturated carbocycles. The van der Waals surface area contributed by atoms with Crippen molar-refractivity contribution in [3.63, 3.8) is 0 Å². The zero-order chi connectivity index (χ0) is 32.0. The minimum absolute atomic E-state index is 0.156. The number of fused-ring (bicyclic) bond motifs is 2. The fraction of sp³-hybridized carbons (Fsp3) is 0.516. The molecule has 3 fully saturated rings. The van der Waals surface area contributed by atoms with Crippen LogP contribution in [0, 0.1) is 0 Å². The van der Waals surface area contributed by atoms with Crippen molar-refractivity contribution in [2.75, 3.05) is 87.7 Å². The Morgan fingerprint density at radius 2 is 1.37 bits per heavy atom. The van der Waals surface area contributed by atoms with E-state index in [0.717, 1.165) is 71.3 Å². The largest absolute Gasteiger partial charge is 0.494 e. The van der Waals surface area contributed by atoms with Crippen LogP contribution in [0.15, 0.2) is 24.3 Å². The molecule has 0 atom stereocenters. The number of nitrogen functional groups attached to an aromatic ring is 1. The molecule has 4 aromatic rings. The molecule has 248 valence electrons. The minimum Gasteiger partial charge on any atom is -0.494 e. The molecule has 13 nitrogen and oxygen atoms in total. The van der Waals surface area contributed by atoms with Crippen LogP contribution in [0.3, 0.4) is 0 Å². The smallest absolute Gasteiger partial charge is 0.413 e. The number of benzene rings is 2. The lowest BCUT2D eigenvalue weighted by molar-refractivity contribution is 0.0401. The van der Waals surface area contributed by atoms with Crippen LogP contribution in [0.5, 0.6) is 11.5 Å². The second kappa shape index (κ2) is 14.9. The highest BCUT2D eigenvalue weighted by atomic mass is 32.1. The Morgan fingerprint density at radius 3 is 1.91 bits per heavy atom. The standard InChI is InChI=1S/C19H25N3O5S.C12H15N3O2S/c1-25-15-7-6-14(22-8-10-26-11-9-22)17-16(15)20-18(28-17)21-19(24)27-13-4-2-12(23)3-5-13;1-16-9-3-2-8(15-4-6-17-7-5-15)11-10(9)14-12(13)18-11/h6-7,12-13,23H,2-5,8-11H2,1H3,(H,20,21,24);2-3H,4-7H2,1H3,(H2,13,14). The van der Waals surface area contributed by atoms with Gasteiger partial charge in [-0.05, 0) is 49.9 Å². The van der Waals surface area contributed by atoms with Crippen molar-refractivity contribution in [3.8, 4) is 11.5 Å². The van der Waals surface area contributed by atoms with E-state index in [0.29, 0.717) is 54.9 Å². The number of rotatable bonds is 6. The average Bonchev–Trinajstić information content (AvgIpc) is 3.69. The lowest BCUT2D eigenvalue weighted by Crippen LogP contribution is -2.36.